The molecule has 8 atom stereocenters. The van der Waals surface area contributed by atoms with Crippen LogP contribution in [0.25, 0.3) is 0 Å². The summed E-state index contributed by atoms with van der Waals surface area (Å²) in [7, 11) is 0. The van der Waals surface area contributed by atoms with Crippen LogP contribution in [0.4, 0.5) is 0 Å². The molecule has 0 unspecified atom stereocenters. The minimum Gasteiger partial charge on any atom is -0.462 e. The molecule has 3 nitrogen and oxygen atoms in total. The Kier molecular flexibility index (Phi) is 6.69. The normalized spacial score (nSPS) is 42.0. The van der Waals surface area contributed by atoms with Gasteiger partial charge >= 0.3 is 5.97 Å². The first-order chi connectivity index (χ1) is 15.1. The summed E-state index contributed by atoms with van der Waals surface area (Å²) in [6.45, 7) is 13.6. The number of hydrogen-bond acceptors (Lipinski definition) is 3. The van der Waals surface area contributed by atoms with Crippen LogP contribution in [0.5, 0.6) is 0 Å². The fraction of sp³-hybridized carbons (Fsp3) is 0.862. The second-order valence-electron chi connectivity index (χ2n) is 12.7. The summed E-state index contributed by atoms with van der Waals surface area (Å²) in [4.78, 5) is 25.1. The standard InChI is InChI=1S/C29H46O3/c1-18(2)8-7-9-19(3)23-10-11-24-27-25(13-15-29(23,24)6)28(5)14-12-22(32-20(4)30)16-21(28)17-26(27)31/h17-19,22-25,27H,7-16H2,1-6H3/t19-,22+,23-,24-,25+,27+,28+,29-/m1/s1. The van der Waals surface area contributed by atoms with Crippen LogP contribution in [0.3, 0.4) is 0 Å². The van der Waals surface area contributed by atoms with Crippen LogP contribution < -0.4 is 0 Å². The van der Waals surface area contributed by atoms with E-state index in [1.807, 2.05) is 6.08 Å². The van der Waals surface area contributed by atoms with Crippen LogP contribution in [-0.4, -0.2) is 17.9 Å². The Labute approximate surface area is 196 Å². The average molecular weight is 443 g/mol. The number of allylic oxidation sites excluding steroid dienone is 1. The minimum atomic E-state index is -0.202. The lowest BCUT2D eigenvalue weighted by atomic mass is 9.46. The van der Waals surface area contributed by atoms with Crippen molar-refractivity contribution >= 4 is 11.8 Å². The molecule has 4 rings (SSSR count). The quantitative estimate of drug-likeness (QED) is 0.411. The molecule has 0 radical (unpaired) electrons. The summed E-state index contributed by atoms with van der Waals surface area (Å²) in [5, 5.41) is 0. The van der Waals surface area contributed by atoms with E-state index in [2.05, 4.69) is 34.6 Å². The van der Waals surface area contributed by atoms with Crippen LogP contribution in [0, 0.1) is 46.3 Å². The highest BCUT2D eigenvalue weighted by Crippen LogP contribution is 2.66. The van der Waals surface area contributed by atoms with Gasteiger partial charge in [0.15, 0.2) is 5.78 Å². The number of hydrogen-bond donors (Lipinski definition) is 0. The molecule has 180 valence electrons. The molecule has 0 saturated heterocycles. The summed E-state index contributed by atoms with van der Waals surface area (Å²) >= 11 is 0. The van der Waals surface area contributed by atoms with Crippen molar-refractivity contribution in [3.8, 4) is 0 Å². The van der Waals surface area contributed by atoms with Gasteiger partial charge in [0.25, 0.3) is 0 Å². The van der Waals surface area contributed by atoms with Crippen LogP contribution >= 0.6 is 0 Å². The highest BCUT2D eigenvalue weighted by atomic mass is 16.5. The highest BCUT2D eigenvalue weighted by Gasteiger charge is 2.61. The highest BCUT2D eigenvalue weighted by molar-refractivity contribution is 5.94. The lowest BCUT2D eigenvalue weighted by Gasteiger charge is -2.57. The molecule has 4 aliphatic carbocycles. The maximum atomic E-state index is 13.6. The number of ketones is 1. The van der Waals surface area contributed by atoms with E-state index in [1.54, 1.807) is 0 Å². The van der Waals surface area contributed by atoms with Gasteiger partial charge in [-0.1, -0.05) is 59.5 Å². The van der Waals surface area contributed by atoms with E-state index >= 15 is 0 Å². The summed E-state index contributed by atoms with van der Waals surface area (Å²) in [6, 6.07) is 0. The van der Waals surface area contributed by atoms with E-state index in [0.29, 0.717) is 23.0 Å². The summed E-state index contributed by atoms with van der Waals surface area (Å²) in [5.41, 5.74) is 1.70. The van der Waals surface area contributed by atoms with Crippen molar-refractivity contribution in [3.05, 3.63) is 11.6 Å². The third kappa shape index (κ3) is 4.11. The molecule has 0 aromatic rings. The van der Waals surface area contributed by atoms with E-state index in [9.17, 15) is 9.59 Å². The van der Waals surface area contributed by atoms with E-state index in [0.717, 1.165) is 37.0 Å². The van der Waals surface area contributed by atoms with Gasteiger partial charge < -0.3 is 4.74 Å². The van der Waals surface area contributed by atoms with E-state index < -0.39 is 0 Å². The zero-order chi connectivity index (χ0) is 23.3. The lowest BCUT2D eigenvalue weighted by Crippen LogP contribution is -2.53. The van der Waals surface area contributed by atoms with Crippen molar-refractivity contribution in [1.82, 2.24) is 0 Å². The summed E-state index contributed by atoms with van der Waals surface area (Å²) < 4.78 is 5.54. The monoisotopic (exact) mass is 442 g/mol. The fourth-order valence-electron chi connectivity index (χ4n) is 8.73. The fourth-order valence-corrected chi connectivity index (χ4v) is 8.73. The zero-order valence-electron chi connectivity index (χ0n) is 21.4. The Morgan fingerprint density at radius 1 is 1.06 bits per heavy atom. The van der Waals surface area contributed by atoms with Gasteiger partial charge in [-0.05, 0) is 85.0 Å². The molecule has 3 heteroatoms. The van der Waals surface area contributed by atoms with Crippen LogP contribution in [0.1, 0.15) is 106 Å². The molecule has 4 aliphatic rings. The Morgan fingerprint density at radius 2 is 1.81 bits per heavy atom. The third-order valence-corrected chi connectivity index (χ3v) is 10.4. The maximum absolute atomic E-state index is 13.6. The predicted molar refractivity (Wildman–Crippen MR) is 129 cm³/mol. The van der Waals surface area contributed by atoms with Gasteiger partial charge in [0.05, 0.1) is 0 Å². The first kappa shape index (κ1) is 24.0. The number of carbonyl (C=O) groups excluding carboxylic acids is 2. The lowest BCUT2D eigenvalue weighted by molar-refractivity contribution is -0.149. The molecule has 0 aromatic heterocycles. The zero-order valence-corrected chi connectivity index (χ0v) is 21.4. The smallest absolute Gasteiger partial charge is 0.302 e. The maximum Gasteiger partial charge on any atom is 0.302 e. The van der Waals surface area contributed by atoms with Gasteiger partial charge in [-0.2, -0.15) is 0 Å². The van der Waals surface area contributed by atoms with Gasteiger partial charge in [0.2, 0.25) is 0 Å². The number of rotatable bonds is 6. The van der Waals surface area contributed by atoms with Crippen molar-refractivity contribution in [2.45, 2.75) is 112 Å². The topological polar surface area (TPSA) is 43.4 Å². The van der Waals surface area contributed by atoms with E-state index in [-0.39, 0.29) is 23.4 Å². The Balaban J connectivity index is 1.52. The molecule has 0 amide bonds. The van der Waals surface area contributed by atoms with Crippen molar-refractivity contribution in [2.24, 2.45) is 46.3 Å². The van der Waals surface area contributed by atoms with Crippen LogP contribution in [0.2, 0.25) is 0 Å². The van der Waals surface area contributed by atoms with Crippen LogP contribution in [-0.2, 0) is 14.3 Å². The van der Waals surface area contributed by atoms with Crippen molar-refractivity contribution < 1.29 is 14.3 Å². The SMILES string of the molecule is CC(=O)O[C@H]1CC[C@@]2(C)C(=CC(=O)[C@H]3[C@H]4CC[C@H]([C@H](C)CCCC(C)C)[C@@]4(C)CC[C@@H]32)C1. The predicted octanol–water partition coefficient (Wildman–Crippen LogP) is 7.14. The second kappa shape index (κ2) is 8.91. The molecule has 0 bridgehead atoms. The molecule has 0 N–H and O–H groups in total. The van der Waals surface area contributed by atoms with Crippen molar-refractivity contribution in [1.29, 1.82) is 0 Å². The molecular weight excluding hydrogens is 396 g/mol. The molecule has 0 spiro atoms. The molecule has 3 fully saturated rings. The number of fused-ring (bicyclic) bond motifs is 5. The minimum absolute atomic E-state index is 0.0485. The Bertz CT molecular complexity index is 766. The first-order valence-corrected chi connectivity index (χ1v) is 13.5. The second-order valence-corrected chi connectivity index (χ2v) is 12.7. The summed E-state index contributed by atoms with van der Waals surface area (Å²) in [6.07, 6.45) is 13.7. The van der Waals surface area contributed by atoms with E-state index in [1.165, 1.54) is 57.4 Å². The molecule has 0 aliphatic heterocycles. The largest absolute Gasteiger partial charge is 0.462 e. The Morgan fingerprint density at radius 3 is 2.50 bits per heavy atom. The molecular formula is C29H46O3. The van der Waals surface area contributed by atoms with Gasteiger partial charge in [-0.15, -0.1) is 0 Å². The molecule has 32 heavy (non-hydrogen) atoms. The number of carbonyl (C=O) groups is 2. The van der Waals surface area contributed by atoms with Gasteiger partial charge in [-0.25, -0.2) is 0 Å². The van der Waals surface area contributed by atoms with Gasteiger partial charge in [-0.3, -0.25) is 9.59 Å². The molecule has 3 saturated carbocycles. The number of esters is 1. The number of ether oxygens (including phenoxy) is 1. The van der Waals surface area contributed by atoms with Gasteiger partial charge in [0, 0.05) is 19.3 Å². The first-order valence-electron chi connectivity index (χ1n) is 13.5. The van der Waals surface area contributed by atoms with Gasteiger partial charge in [0.1, 0.15) is 6.10 Å². The van der Waals surface area contributed by atoms with Crippen LogP contribution in [0.15, 0.2) is 11.6 Å². The Hall–Kier alpha value is -1.12. The van der Waals surface area contributed by atoms with Crippen molar-refractivity contribution in [3.63, 3.8) is 0 Å². The average Bonchev–Trinajstić information content (AvgIpc) is 3.05. The molecule has 0 heterocycles. The van der Waals surface area contributed by atoms with Crippen molar-refractivity contribution in [2.75, 3.05) is 0 Å². The van der Waals surface area contributed by atoms with E-state index in [4.69, 9.17) is 4.74 Å². The third-order valence-electron chi connectivity index (χ3n) is 10.4. The summed E-state index contributed by atoms with van der Waals surface area (Å²) in [5.74, 6) is 3.74. The molecule has 0 aromatic carbocycles.